The summed E-state index contributed by atoms with van der Waals surface area (Å²) in [7, 11) is 0. The molecule has 2 aromatic heterocycles. The fraction of sp³-hybridized carbons (Fsp3) is 0.222. The van der Waals surface area contributed by atoms with Crippen LogP contribution in [0.2, 0.25) is 0 Å². The highest BCUT2D eigenvalue weighted by Gasteiger charge is 2.29. The highest BCUT2D eigenvalue weighted by molar-refractivity contribution is 5.25. The average Bonchev–Trinajstić information content (AvgIpc) is 3.03. The summed E-state index contributed by atoms with van der Waals surface area (Å²) in [6.07, 6.45) is 2.80. The first kappa shape index (κ1) is 17.2. The molecular weight excluding hydrogens is 329 g/mol. The lowest BCUT2D eigenvalue weighted by atomic mass is 10.1. The van der Waals surface area contributed by atoms with Crippen LogP contribution in [0.4, 0.5) is 13.2 Å². The Morgan fingerprint density at radius 3 is 2.44 bits per heavy atom. The fourth-order valence-electron chi connectivity index (χ4n) is 2.56. The standard InChI is InChI=1S/C18H17F3N4/c19-18(20,21)16-5-3-14(4-6-16)13-25-9-8-24-17(25)12-23-11-15-2-1-7-22-10-15/h1-10,23H,11-13H2/p+1. The maximum Gasteiger partial charge on any atom is 0.416 e. The Kier molecular flexibility index (Phi) is 5.14. The second-order valence-electron chi connectivity index (χ2n) is 5.72. The molecule has 130 valence electrons. The lowest BCUT2D eigenvalue weighted by Crippen LogP contribution is -2.81. The van der Waals surface area contributed by atoms with Gasteiger partial charge in [0.15, 0.2) is 5.82 Å². The van der Waals surface area contributed by atoms with Gasteiger partial charge < -0.3 is 9.88 Å². The highest BCUT2D eigenvalue weighted by atomic mass is 19.4. The fourth-order valence-corrected chi connectivity index (χ4v) is 2.56. The van der Waals surface area contributed by atoms with Gasteiger partial charge in [0.05, 0.1) is 5.56 Å². The summed E-state index contributed by atoms with van der Waals surface area (Å²) in [5, 5.41) is 2.11. The zero-order valence-corrected chi connectivity index (χ0v) is 13.4. The molecule has 7 heteroatoms. The van der Waals surface area contributed by atoms with E-state index in [0.29, 0.717) is 13.1 Å². The minimum absolute atomic E-state index is 0.494. The molecular formula is C18H18F3N4+. The monoisotopic (exact) mass is 347 g/mol. The first-order valence-corrected chi connectivity index (χ1v) is 7.89. The quantitative estimate of drug-likeness (QED) is 0.745. The van der Waals surface area contributed by atoms with Crippen molar-refractivity contribution in [2.75, 3.05) is 0 Å². The van der Waals surface area contributed by atoms with Crippen LogP contribution in [-0.4, -0.2) is 14.5 Å². The van der Waals surface area contributed by atoms with Gasteiger partial charge in [-0.2, -0.15) is 13.2 Å². The number of imidazole rings is 1. The molecule has 0 fully saturated rings. The van der Waals surface area contributed by atoms with Crippen molar-refractivity contribution in [3.8, 4) is 0 Å². The molecule has 0 aliphatic carbocycles. The minimum atomic E-state index is -4.31. The van der Waals surface area contributed by atoms with Crippen LogP contribution in [0.25, 0.3) is 0 Å². The molecule has 4 nitrogen and oxygen atoms in total. The Morgan fingerprint density at radius 1 is 0.960 bits per heavy atom. The predicted molar refractivity (Wildman–Crippen MR) is 86.3 cm³/mol. The zero-order chi connectivity index (χ0) is 17.7. The summed E-state index contributed by atoms with van der Waals surface area (Å²) < 4.78 is 39.8. The number of rotatable bonds is 6. The van der Waals surface area contributed by atoms with E-state index in [4.69, 9.17) is 0 Å². The Hall–Kier alpha value is -2.67. The molecule has 0 radical (unpaired) electrons. The van der Waals surface area contributed by atoms with Gasteiger partial charge in [-0.3, -0.25) is 4.98 Å². The van der Waals surface area contributed by atoms with Crippen LogP contribution in [0.15, 0.2) is 61.2 Å². The van der Waals surface area contributed by atoms with Crippen molar-refractivity contribution in [3.63, 3.8) is 0 Å². The van der Waals surface area contributed by atoms with Gasteiger partial charge in [-0.25, -0.2) is 4.98 Å². The topological polar surface area (TPSA) is 47.3 Å². The molecule has 0 unspecified atom stereocenters. The molecule has 1 aromatic carbocycles. The third-order valence-electron chi connectivity index (χ3n) is 3.87. The van der Waals surface area contributed by atoms with E-state index in [0.717, 1.165) is 35.6 Å². The van der Waals surface area contributed by atoms with E-state index in [-0.39, 0.29) is 0 Å². The molecule has 2 heterocycles. The molecule has 0 spiro atoms. The molecule has 2 N–H and O–H groups in total. The lowest BCUT2D eigenvalue weighted by molar-refractivity contribution is -0.687. The number of quaternary nitrogens is 1. The van der Waals surface area contributed by atoms with E-state index >= 15 is 0 Å². The molecule has 25 heavy (non-hydrogen) atoms. The van der Waals surface area contributed by atoms with Gasteiger partial charge in [-0.1, -0.05) is 18.2 Å². The van der Waals surface area contributed by atoms with E-state index in [9.17, 15) is 13.2 Å². The Labute approximate surface area is 143 Å². The van der Waals surface area contributed by atoms with Crippen LogP contribution in [0, 0.1) is 0 Å². The smallest absolute Gasteiger partial charge is 0.336 e. The summed E-state index contributed by atoms with van der Waals surface area (Å²) in [6, 6.07) is 9.14. The third-order valence-corrected chi connectivity index (χ3v) is 3.87. The maximum atomic E-state index is 12.6. The van der Waals surface area contributed by atoms with E-state index in [1.807, 2.05) is 29.1 Å². The normalized spacial score (nSPS) is 11.6. The number of hydrogen-bond acceptors (Lipinski definition) is 2. The minimum Gasteiger partial charge on any atom is -0.336 e. The second-order valence-corrected chi connectivity index (χ2v) is 5.72. The SMILES string of the molecule is FC(F)(F)c1ccc(Cn2ccnc2C[NH2+]Cc2cccnc2)cc1. The van der Waals surface area contributed by atoms with Crippen LogP contribution in [0.3, 0.4) is 0 Å². The average molecular weight is 347 g/mol. The summed E-state index contributed by atoms with van der Waals surface area (Å²) >= 11 is 0. The van der Waals surface area contributed by atoms with Crippen molar-refractivity contribution in [2.24, 2.45) is 0 Å². The summed E-state index contributed by atoms with van der Waals surface area (Å²) in [5.74, 6) is 0.879. The van der Waals surface area contributed by atoms with Crippen molar-refractivity contribution in [1.29, 1.82) is 0 Å². The van der Waals surface area contributed by atoms with Crippen molar-refractivity contribution >= 4 is 0 Å². The summed E-state index contributed by atoms with van der Waals surface area (Å²) in [4.78, 5) is 8.41. The highest BCUT2D eigenvalue weighted by Crippen LogP contribution is 2.29. The molecule has 0 aliphatic heterocycles. The van der Waals surface area contributed by atoms with Crippen LogP contribution in [-0.2, 0) is 25.8 Å². The van der Waals surface area contributed by atoms with Gasteiger partial charge in [0.2, 0.25) is 0 Å². The van der Waals surface area contributed by atoms with Crippen molar-refractivity contribution < 1.29 is 18.5 Å². The van der Waals surface area contributed by atoms with Gasteiger partial charge in [-0.05, 0) is 23.8 Å². The molecule has 0 atom stereocenters. The van der Waals surface area contributed by atoms with Gasteiger partial charge in [0, 0.05) is 36.9 Å². The van der Waals surface area contributed by atoms with Crippen molar-refractivity contribution in [3.05, 3.63) is 83.7 Å². The van der Waals surface area contributed by atoms with Crippen molar-refractivity contribution in [2.45, 2.75) is 25.8 Å². The van der Waals surface area contributed by atoms with Gasteiger partial charge >= 0.3 is 6.18 Å². The molecule has 3 rings (SSSR count). The molecule has 0 saturated heterocycles. The number of aromatic nitrogens is 3. The molecule has 0 aliphatic rings. The first-order chi connectivity index (χ1) is 12.0. The number of hydrogen-bond donors (Lipinski definition) is 1. The summed E-state index contributed by atoms with van der Waals surface area (Å²) in [5.41, 5.74) is 1.30. The zero-order valence-electron chi connectivity index (χ0n) is 13.4. The number of pyridine rings is 1. The van der Waals surface area contributed by atoms with E-state index in [2.05, 4.69) is 15.3 Å². The van der Waals surface area contributed by atoms with E-state index in [1.54, 1.807) is 12.4 Å². The van der Waals surface area contributed by atoms with Gasteiger partial charge in [-0.15, -0.1) is 0 Å². The largest absolute Gasteiger partial charge is 0.416 e. The lowest BCUT2D eigenvalue weighted by Gasteiger charge is -2.10. The van der Waals surface area contributed by atoms with Crippen molar-refractivity contribution in [1.82, 2.24) is 14.5 Å². The number of benzene rings is 1. The first-order valence-electron chi connectivity index (χ1n) is 7.89. The van der Waals surface area contributed by atoms with Crippen LogP contribution in [0.5, 0.6) is 0 Å². The van der Waals surface area contributed by atoms with Gasteiger partial charge in [0.25, 0.3) is 0 Å². The summed E-state index contributed by atoms with van der Waals surface area (Å²) in [6.45, 7) is 1.97. The van der Waals surface area contributed by atoms with E-state index in [1.165, 1.54) is 12.1 Å². The number of nitrogens with zero attached hydrogens (tertiary/aromatic N) is 3. The molecule has 3 aromatic rings. The number of halogens is 3. The van der Waals surface area contributed by atoms with Crippen LogP contribution < -0.4 is 5.32 Å². The second kappa shape index (κ2) is 7.48. The maximum absolute atomic E-state index is 12.6. The Bertz CT molecular complexity index is 795. The number of alkyl halides is 3. The molecule has 0 amide bonds. The third kappa shape index (κ3) is 4.67. The molecule has 0 bridgehead atoms. The van der Waals surface area contributed by atoms with Crippen LogP contribution >= 0.6 is 0 Å². The molecule has 0 saturated carbocycles. The van der Waals surface area contributed by atoms with Gasteiger partial charge in [0.1, 0.15) is 13.1 Å². The Balaban J connectivity index is 1.60. The van der Waals surface area contributed by atoms with Crippen LogP contribution in [0.1, 0.15) is 22.5 Å². The Morgan fingerprint density at radius 2 is 1.76 bits per heavy atom. The predicted octanol–water partition coefficient (Wildman–Crippen LogP) is 2.61. The van der Waals surface area contributed by atoms with E-state index < -0.39 is 11.7 Å². The number of nitrogens with two attached hydrogens (primary N) is 1.